The van der Waals surface area contributed by atoms with Crippen LogP contribution >= 0.6 is 0 Å². The molecule has 0 saturated carbocycles. The number of phenolic OH excluding ortho intramolecular Hbond substituents is 1. The quantitative estimate of drug-likeness (QED) is 0.285. The van der Waals surface area contributed by atoms with Gasteiger partial charge in [-0.15, -0.1) is 5.11 Å². The van der Waals surface area contributed by atoms with Gasteiger partial charge in [0.2, 0.25) is 0 Å². The van der Waals surface area contributed by atoms with E-state index in [0.717, 1.165) is 27.2 Å². The van der Waals surface area contributed by atoms with Gasteiger partial charge in [-0.2, -0.15) is 0 Å². The summed E-state index contributed by atoms with van der Waals surface area (Å²) in [5.41, 5.74) is 4.13. The van der Waals surface area contributed by atoms with Crippen molar-refractivity contribution in [3.8, 4) is 5.75 Å². The number of benzene rings is 4. The minimum atomic E-state index is 0.171. The summed E-state index contributed by atoms with van der Waals surface area (Å²) in [6.45, 7) is 0. The number of phenols is 1. The van der Waals surface area contributed by atoms with Gasteiger partial charge in [0.05, 0.1) is 5.69 Å². The van der Waals surface area contributed by atoms with Gasteiger partial charge in [-0.1, -0.05) is 72.0 Å². The van der Waals surface area contributed by atoms with Gasteiger partial charge >= 0.3 is 0 Å². The van der Waals surface area contributed by atoms with Crippen molar-refractivity contribution in [2.75, 3.05) is 5.43 Å². The van der Waals surface area contributed by atoms with E-state index in [4.69, 9.17) is 0 Å². The standard InChI is InChI=1S/C20H15N3O/c24-20-17-10-4-2-7-15(17)12-13-19(20)22-23-21-18-11-5-8-14-6-1-3-9-16(14)18/h1-13,24H,(H,21,22). The zero-order chi connectivity index (χ0) is 16.4. The fourth-order valence-electron chi connectivity index (χ4n) is 2.77. The molecular weight excluding hydrogens is 298 g/mol. The van der Waals surface area contributed by atoms with E-state index in [2.05, 4.69) is 15.8 Å². The first kappa shape index (κ1) is 14.2. The summed E-state index contributed by atoms with van der Waals surface area (Å²) in [5.74, 6) is 0.171. The molecule has 0 atom stereocenters. The molecule has 0 unspecified atom stereocenters. The minimum Gasteiger partial charge on any atom is -0.505 e. The predicted molar refractivity (Wildman–Crippen MR) is 97.7 cm³/mol. The molecule has 0 saturated heterocycles. The van der Waals surface area contributed by atoms with E-state index < -0.39 is 0 Å². The maximum Gasteiger partial charge on any atom is 0.148 e. The first-order chi connectivity index (χ1) is 11.8. The highest BCUT2D eigenvalue weighted by Crippen LogP contribution is 2.33. The molecule has 0 aromatic heterocycles. The smallest absolute Gasteiger partial charge is 0.148 e. The maximum atomic E-state index is 10.4. The van der Waals surface area contributed by atoms with Crippen LogP contribution in [0.5, 0.6) is 5.75 Å². The third kappa shape index (κ3) is 2.54. The molecule has 4 heteroatoms. The first-order valence-corrected chi connectivity index (χ1v) is 7.68. The van der Waals surface area contributed by atoms with E-state index in [1.165, 1.54) is 0 Å². The van der Waals surface area contributed by atoms with Crippen molar-refractivity contribution in [3.05, 3.63) is 78.9 Å². The summed E-state index contributed by atoms with van der Waals surface area (Å²) < 4.78 is 0. The number of aromatic hydroxyl groups is 1. The Morgan fingerprint density at radius 2 is 1.33 bits per heavy atom. The number of fused-ring (bicyclic) bond motifs is 2. The zero-order valence-corrected chi connectivity index (χ0v) is 12.8. The Labute approximate surface area is 139 Å². The van der Waals surface area contributed by atoms with Gasteiger partial charge in [0.1, 0.15) is 11.4 Å². The van der Waals surface area contributed by atoms with E-state index in [1.54, 1.807) is 6.07 Å². The first-order valence-electron chi connectivity index (χ1n) is 7.68. The Morgan fingerprint density at radius 3 is 2.17 bits per heavy atom. The third-order valence-corrected chi connectivity index (χ3v) is 4.00. The van der Waals surface area contributed by atoms with E-state index in [9.17, 15) is 5.11 Å². The lowest BCUT2D eigenvalue weighted by Gasteiger charge is -2.06. The fourth-order valence-corrected chi connectivity index (χ4v) is 2.77. The molecule has 4 aromatic carbocycles. The molecule has 0 spiro atoms. The Kier molecular flexibility index (Phi) is 3.56. The van der Waals surface area contributed by atoms with Crippen molar-refractivity contribution < 1.29 is 5.11 Å². The predicted octanol–water partition coefficient (Wildman–Crippen LogP) is 5.81. The second-order valence-corrected chi connectivity index (χ2v) is 5.49. The Balaban J connectivity index is 1.65. The molecule has 0 radical (unpaired) electrons. The van der Waals surface area contributed by atoms with E-state index in [1.807, 2.05) is 72.8 Å². The number of hydrogen-bond acceptors (Lipinski definition) is 3. The van der Waals surface area contributed by atoms with Gasteiger partial charge in [0.25, 0.3) is 0 Å². The third-order valence-electron chi connectivity index (χ3n) is 4.00. The normalized spacial score (nSPS) is 11.3. The number of hydrogen-bond donors (Lipinski definition) is 2. The highest BCUT2D eigenvalue weighted by atomic mass is 16.3. The van der Waals surface area contributed by atoms with Crippen molar-refractivity contribution >= 4 is 32.9 Å². The average molecular weight is 313 g/mol. The van der Waals surface area contributed by atoms with Crippen LogP contribution in [0, 0.1) is 0 Å². The van der Waals surface area contributed by atoms with Crippen LogP contribution in [0.1, 0.15) is 0 Å². The molecule has 4 aromatic rings. The summed E-state index contributed by atoms with van der Waals surface area (Å²) in [5, 5.41) is 22.6. The van der Waals surface area contributed by atoms with Gasteiger partial charge in [-0.25, -0.2) is 0 Å². The van der Waals surface area contributed by atoms with Gasteiger partial charge in [0.15, 0.2) is 0 Å². The lowest BCUT2D eigenvalue weighted by Crippen LogP contribution is -1.88. The summed E-state index contributed by atoms with van der Waals surface area (Å²) in [4.78, 5) is 0. The largest absolute Gasteiger partial charge is 0.505 e. The highest BCUT2D eigenvalue weighted by molar-refractivity contribution is 5.93. The van der Waals surface area contributed by atoms with Gasteiger partial charge in [-0.3, -0.25) is 5.43 Å². The summed E-state index contributed by atoms with van der Waals surface area (Å²) in [7, 11) is 0. The van der Waals surface area contributed by atoms with Crippen LogP contribution in [0.15, 0.2) is 89.2 Å². The molecular formula is C20H15N3O. The van der Waals surface area contributed by atoms with Crippen LogP contribution in [-0.2, 0) is 0 Å². The van der Waals surface area contributed by atoms with E-state index in [-0.39, 0.29) is 5.75 Å². The van der Waals surface area contributed by atoms with Crippen LogP contribution in [0.25, 0.3) is 21.5 Å². The SMILES string of the molecule is Oc1c(NN=Nc2cccc3ccccc23)ccc2ccccc12. The lowest BCUT2D eigenvalue weighted by atomic mass is 10.1. The van der Waals surface area contributed by atoms with E-state index >= 15 is 0 Å². The second-order valence-electron chi connectivity index (χ2n) is 5.49. The molecule has 4 nitrogen and oxygen atoms in total. The Bertz CT molecular complexity index is 1050. The molecule has 0 amide bonds. The Morgan fingerprint density at radius 1 is 0.667 bits per heavy atom. The molecule has 0 aliphatic rings. The minimum absolute atomic E-state index is 0.171. The van der Waals surface area contributed by atoms with Crippen LogP contribution in [-0.4, -0.2) is 5.11 Å². The molecule has 0 heterocycles. The summed E-state index contributed by atoms with van der Waals surface area (Å²) in [6.07, 6.45) is 0. The summed E-state index contributed by atoms with van der Waals surface area (Å²) in [6, 6.07) is 25.3. The molecule has 0 aliphatic heterocycles. The van der Waals surface area contributed by atoms with Crippen LogP contribution in [0.4, 0.5) is 11.4 Å². The van der Waals surface area contributed by atoms with Crippen molar-refractivity contribution in [2.45, 2.75) is 0 Å². The molecule has 0 fully saturated rings. The summed E-state index contributed by atoms with van der Waals surface area (Å²) >= 11 is 0. The zero-order valence-electron chi connectivity index (χ0n) is 12.8. The average Bonchev–Trinajstić information content (AvgIpc) is 2.64. The van der Waals surface area contributed by atoms with Crippen LogP contribution in [0.3, 0.4) is 0 Å². The van der Waals surface area contributed by atoms with Gasteiger partial charge < -0.3 is 5.11 Å². The Hall–Kier alpha value is -3.40. The van der Waals surface area contributed by atoms with Gasteiger partial charge in [-0.05, 0) is 22.9 Å². The van der Waals surface area contributed by atoms with Crippen molar-refractivity contribution in [1.82, 2.24) is 0 Å². The van der Waals surface area contributed by atoms with Crippen molar-refractivity contribution in [2.24, 2.45) is 10.3 Å². The number of nitrogens with one attached hydrogen (secondary N) is 1. The highest BCUT2D eigenvalue weighted by Gasteiger charge is 2.05. The molecule has 116 valence electrons. The van der Waals surface area contributed by atoms with Crippen molar-refractivity contribution in [3.63, 3.8) is 0 Å². The van der Waals surface area contributed by atoms with Gasteiger partial charge in [0, 0.05) is 10.8 Å². The van der Waals surface area contributed by atoms with E-state index in [0.29, 0.717) is 5.69 Å². The molecule has 4 rings (SSSR count). The number of rotatable bonds is 3. The van der Waals surface area contributed by atoms with Crippen LogP contribution < -0.4 is 5.43 Å². The maximum absolute atomic E-state index is 10.4. The second kappa shape index (κ2) is 6.01. The fraction of sp³-hybridized carbons (Fsp3) is 0. The monoisotopic (exact) mass is 313 g/mol. The number of anilines is 1. The molecule has 0 bridgehead atoms. The van der Waals surface area contributed by atoms with Crippen molar-refractivity contribution in [1.29, 1.82) is 0 Å². The molecule has 24 heavy (non-hydrogen) atoms. The number of nitrogens with zero attached hydrogens (tertiary/aromatic N) is 2. The van der Waals surface area contributed by atoms with Crippen LogP contribution in [0.2, 0.25) is 0 Å². The molecule has 0 aliphatic carbocycles. The molecule has 2 N–H and O–H groups in total. The topological polar surface area (TPSA) is 57.0 Å². The lowest BCUT2D eigenvalue weighted by molar-refractivity contribution is 0.483.